The van der Waals surface area contributed by atoms with Gasteiger partial charge >= 0.3 is 0 Å². The zero-order valence-electron chi connectivity index (χ0n) is 8.22. The Balaban J connectivity index is 2.64. The molecule has 0 unspecified atom stereocenters. The molecule has 0 atom stereocenters. The molecule has 0 aliphatic rings. The number of rotatable bonds is 2. The van der Waals surface area contributed by atoms with E-state index in [1.165, 1.54) is 34.9 Å². The molecule has 0 radical (unpaired) electrons. The number of benzene rings is 1. The number of nitrogens with one attached hydrogen (secondary N) is 1. The van der Waals surface area contributed by atoms with Crippen molar-refractivity contribution in [1.29, 1.82) is 0 Å². The monoisotopic (exact) mass is 173 g/mol. The lowest BCUT2D eigenvalue weighted by Gasteiger charge is -1.99. The summed E-state index contributed by atoms with van der Waals surface area (Å²) in [5.41, 5.74) is 4.10. The smallest absolute Gasteiger partial charge is 0.0459 e. The Morgan fingerprint density at radius 1 is 1.31 bits per heavy atom. The summed E-state index contributed by atoms with van der Waals surface area (Å²) in [7, 11) is 0. The largest absolute Gasteiger partial charge is 0.361 e. The van der Waals surface area contributed by atoms with Crippen LogP contribution in [0.3, 0.4) is 0 Å². The van der Waals surface area contributed by atoms with Crippen molar-refractivity contribution < 1.29 is 0 Å². The number of hydrogen-bond acceptors (Lipinski definition) is 0. The first-order chi connectivity index (χ1) is 6.33. The molecule has 1 N–H and O–H groups in total. The molecule has 1 aromatic carbocycles. The van der Waals surface area contributed by atoms with Crippen molar-refractivity contribution in [2.75, 3.05) is 0 Å². The highest BCUT2D eigenvalue weighted by atomic mass is 14.7. The van der Waals surface area contributed by atoms with Gasteiger partial charge in [-0.1, -0.05) is 25.5 Å². The minimum absolute atomic E-state index is 1.17. The van der Waals surface area contributed by atoms with Crippen LogP contribution in [-0.2, 0) is 6.42 Å². The lowest BCUT2D eigenvalue weighted by molar-refractivity contribution is 0.928. The molecule has 0 aliphatic heterocycles. The first-order valence-corrected chi connectivity index (χ1v) is 4.88. The molecule has 1 heterocycles. The van der Waals surface area contributed by atoms with E-state index in [0.717, 1.165) is 0 Å². The minimum atomic E-state index is 1.17. The summed E-state index contributed by atoms with van der Waals surface area (Å²) >= 11 is 0. The van der Waals surface area contributed by atoms with Gasteiger partial charge in [0.05, 0.1) is 0 Å². The number of H-pyrrole nitrogens is 1. The summed E-state index contributed by atoms with van der Waals surface area (Å²) in [5.74, 6) is 0. The van der Waals surface area contributed by atoms with Gasteiger partial charge in [-0.15, -0.1) is 0 Å². The van der Waals surface area contributed by atoms with E-state index < -0.39 is 0 Å². The van der Waals surface area contributed by atoms with Crippen LogP contribution in [0.2, 0.25) is 0 Å². The topological polar surface area (TPSA) is 15.8 Å². The third-order valence-corrected chi connectivity index (χ3v) is 2.52. The Morgan fingerprint density at radius 3 is 2.92 bits per heavy atom. The fraction of sp³-hybridized carbons (Fsp3) is 0.333. The molecule has 0 fully saturated rings. The quantitative estimate of drug-likeness (QED) is 0.716. The van der Waals surface area contributed by atoms with E-state index in [1.54, 1.807) is 0 Å². The van der Waals surface area contributed by atoms with Crippen LogP contribution in [0.15, 0.2) is 24.4 Å². The van der Waals surface area contributed by atoms with E-state index in [0.29, 0.717) is 0 Å². The van der Waals surface area contributed by atoms with Gasteiger partial charge in [-0.25, -0.2) is 0 Å². The molecule has 13 heavy (non-hydrogen) atoms. The molecular formula is C12H15N. The van der Waals surface area contributed by atoms with Crippen LogP contribution >= 0.6 is 0 Å². The molecule has 0 aliphatic carbocycles. The molecule has 0 spiro atoms. The second-order valence-electron chi connectivity index (χ2n) is 3.56. The molecule has 1 aromatic heterocycles. The SMILES string of the molecule is CCCc1c[nH]c2cccc(C)c12. The van der Waals surface area contributed by atoms with Crippen LogP contribution in [-0.4, -0.2) is 4.98 Å². The Kier molecular flexibility index (Phi) is 2.09. The Morgan fingerprint density at radius 2 is 2.15 bits per heavy atom. The summed E-state index contributed by atoms with van der Waals surface area (Å²) in [6.07, 6.45) is 4.52. The highest BCUT2D eigenvalue weighted by Gasteiger charge is 2.03. The van der Waals surface area contributed by atoms with Gasteiger partial charge in [0.25, 0.3) is 0 Å². The molecule has 1 nitrogen and oxygen atoms in total. The van der Waals surface area contributed by atoms with Crippen molar-refractivity contribution in [2.45, 2.75) is 26.7 Å². The van der Waals surface area contributed by atoms with Crippen LogP contribution in [0, 0.1) is 6.92 Å². The van der Waals surface area contributed by atoms with Crippen molar-refractivity contribution in [1.82, 2.24) is 4.98 Å². The lowest BCUT2D eigenvalue weighted by Crippen LogP contribution is -1.81. The summed E-state index contributed by atoms with van der Waals surface area (Å²) in [6, 6.07) is 6.42. The van der Waals surface area contributed by atoms with Gasteiger partial charge in [0.1, 0.15) is 0 Å². The minimum Gasteiger partial charge on any atom is -0.361 e. The third kappa shape index (κ3) is 1.35. The average molecular weight is 173 g/mol. The fourth-order valence-electron chi connectivity index (χ4n) is 1.92. The van der Waals surface area contributed by atoms with Gasteiger partial charge in [0, 0.05) is 17.1 Å². The highest BCUT2D eigenvalue weighted by molar-refractivity contribution is 5.86. The first-order valence-electron chi connectivity index (χ1n) is 4.88. The van der Waals surface area contributed by atoms with Gasteiger partial charge in [0.2, 0.25) is 0 Å². The van der Waals surface area contributed by atoms with Crippen molar-refractivity contribution in [3.05, 3.63) is 35.5 Å². The number of hydrogen-bond donors (Lipinski definition) is 1. The summed E-state index contributed by atoms with van der Waals surface area (Å²) in [5, 5.41) is 1.42. The standard InChI is InChI=1S/C12H15N/c1-3-5-10-8-13-11-7-4-6-9(2)12(10)11/h4,6-8,13H,3,5H2,1-2H3. The van der Waals surface area contributed by atoms with E-state index >= 15 is 0 Å². The van der Waals surface area contributed by atoms with Gasteiger partial charge in [-0.3, -0.25) is 0 Å². The van der Waals surface area contributed by atoms with E-state index in [9.17, 15) is 0 Å². The first kappa shape index (κ1) is 8.36. The van der Waals surface area contributed by atoms with Crippen molar-refractivity contribution in [3.8, 4) is 0 Å². The van der Waals surface area contributed by atoms with Crippen LogP contribution in [0.1, 0.15) is 24.5 Å². The van der Waals surface area contributed by atoms with Crippen LogP contribution in [0.4, 0.5) is 0 Å². The summed E-state index contributed by atoms with van der Waals surface area (Å²) in [4.78, 5) is 3.31. The lowest BCUT2D eigenvalue weighted by atomic mass is 10.0. The highest BCUT2D eigenvalue weighted by Crippen LogP contribution is 2.22. The predicted octanol–water partition coefficient (Wildman–Crippen LogP) is 3.43. The van der Waals surface area contributed by atoms with Crippen LogP contribution in [0.25, 0.3) is 10.9 Å². The maximum atomic E-state index is 3.31. The maximum absolute atomic E-state index is 3.31. The van der Waals surface area contributed by atoms with Gasteiger partial charge in [-0.2, -0.15) is 0 Å². The van der Waals surface area contributed by atoms with Gasteiger partial charge in [0.15, 0.2) is 0 Å². The Labute approximate surface area is 78.8 Å². The summed E-state index contributed by atoms with van der Waals surface area (Å²) < 4.78 is 0. The summed E-state index contributed by atoms with van der Waals surface area (Å²) in [6.45, 7) is 4.40. The molecule has 0 saturated carbocycles. The van der Waals surface area contributed by atoms with E-state index in [2.05, 4.69) is 43.2 Å². The molecule has 0 amide bonds. The molecule has 0 saturated heterocycles. The van der Waals surface area contributed by atoms with Crippen molar-refractivity contribution in [3.63, 3.8) is 0 Å². The molecule has 2 aromatic rings. The van der Waals surface area contributed by atoms with Crippen molar-refractivity contribution >= 4 is 10.9 Å². The number of aromatic nitrogens is 1. The van der Waals surface area contributed by atoms with E-state index in [1.807, 2.05) is 0 Å². The van der Waals surface area contributed by atoms with Gasteiger partial charge < -0.3 is 4.98 Å². The van der Waals surface area contributed by atoms with Crippen LogP contribution in [0.5, 0.6) is 0 Å². The molecule has 2 rings (SSSR count). The van der Waals surface area contributed by atoms with E-state index in [4.69, 9.17) is 0 Å². The second kappa shape index (κ2) is 3.25. The second-order valence-corrected chi connectivity index (χ2v) is 3.56. The Hall–Kier alpha value is -1.24. The average Bonchev–Trinajstić information content (AvgIpc) is 2.51. The van der Waals surface area contributed by atoms with Crippen LogP contribution < -0.4 is 0 Å². The van der Waals surface area contributed by atoms with E-state index in [-0.39, 0.29) is 0 Å². The number of aromatic amines is 1. The Bertz CT molecular complexity index is 412. The zero-order valence-corrected chi connectivity index (χ0v) is 8.22. The van der Waals surface area contributed by atoms with Crippen molar-refractivity contribution in [2.24, 2.45) is 0 Å². The fourth-order valence-corrected chi connectivity index (χ4v) is 1.92. The number of aryl methyl sites for hydroxylation is 2. The molecule has 68 valence electrons. The molecular weight excluding hydrogens is 158 g/mol. The normalized spacial score (nSPS) is 10.9. The van der Waals surface area contributed by atoms with Gasteiger partial charge in [-0.05, 0) is 30.5 Å². The number of fused-ring (bicyclic) bond motifs is 1. The predicted molar refractivity (Wildman–Crippen MR) is 57.0 cm³/mol. The molecule has 1 heteroatoms. The molecule has 0 bridgehead atoms. The zero-order chi connectivity index (χ0) is 9.26. The third-order valence-electron chi connectivity index (χ3n) is 2.52. The maximum Gasteiger partial charge on any atom is 0.0459 e.